The van der Waals surface area contributed by atoms with Crippen LogP contribution >= 0.6 is 0 Å². The topological polar surface area (TPSA) is 76.0 Å². The van der Waals surface area contributed by atoms with Crippen molar-refractivity contribution < 1.29 is 52.3 Å². The van der Waals surface area contributed by atoms with Crippen LogP contribution in [0, 0.1) is 13.8 Å². The van der Waals surface area contributed by atoms with E-state index >= 15 is 0 Å². The molecule has 0 aromatic carbocycles. The van der Waals surface area contributed by atoms with Crippen LogP contribution in [0.2, 0.25) is 0 Å². The third kappa shape index (κ3) is 7.64. The zero-order valence-electron chi connectivity index (χ0n) is 20.3. The number of unbranched alkanes of at least 4 members (excludes halogenated alkanes) is 2. The van der Waals surface area contributed by atoms with Gasteiger partial charge in [-0.3, -0.25) is 0 Å². The Kier molecular flexibility index (Phi) is 10.9. The fourth-order valence-electron chi connectivity index (χ4n) is 3.19. The molecule has 6 nitrogen and oxygen atoms in total. The SMILES string of the molecule is CCCC[n+]1ccc(S(=O)(=O)C(F)(F)F)c(C)c1S(=O)(=O)C(F)(F)F.CCCC[n+]1cccc(C)c1. The number of aromatic nitrogens is 2. The largest absolute Gasteiger partial charge is 0.507 e. The van der Waals surface area contributed by atoms with E-state index in [9.17, 15) is 43.2 Å². The first-order chi connectivity index (χ1) is 16.4. The van der Waals surface area contributed by atoms with E-state index in [0.717, 1.165) is 6.54 Å². The molecule has 0 amide bonds. The predicted octanol–water partition coefficient (Wildman–Crippen LogP) is 4.75. The lowest BCUT2D eigenvalue weighted by atomic mass is 10.3. The molecule has 2 rings (SSSR count). The summed E-state index contributed by atoms with van der Waals surface area (Å²) in [5, 5.41) is -1.52. The highest BCUT2D eigenvalue weighted by Crippen LogP contribution is 2.36. The van der Waals surface area contributed by atoms with E-state index in [1.54, 1.807) is 6.92 Å². The maximum absolute atomic E-state index is 12.9. The second-order valence-corrected chi connectivity index (χ2v) is 11.8. The van der Waals surface area contributed by atoms with Gasteiger partial charge in [0, 0.05) is 30.5 Å². The minimum absolute atomic E-state index is 0.232. The first-order valence-corrected chi connectivity index (χ1v) is 14.0. The van der Waals surface area contributed by atoms with E-state index in [2.05, 4.69) is 42.9 Å². The zero-order valence-corrected chi connectivity index (χ0v) is 22.0. The molecule has 0 spiro atoms. The van der Waals surface area contributed by atoms with Crippen molar-refractivity contribution in [1.29, 1.82) is 0 Å². The summed E-state index contributed by atoms with van der Waals surface area (Å²) in [5.74, 6) is 0. The first-order valence-electron chi connectivity index (χ1n) is 11.0. The Morgan fingerprint density at radius 3 is 1.78 bits per heavy atom. The normalized spacial score (nSPS) is 12.7. The summed E-state index contributed by atoms with van der Waals surface area (Å²) in [7, 11) is -12.1. The van der Waals surface area contributed by atoms with Crippen molar-refractivity contribution in [2.24, 2.45) is 0 Å². The molecule has 0 atom stereocenters. The number of aryl methyl sites for hydroxylation is 3. The van der Waals surface area contributed by atoms with Crippen LogP contribution in [-0.4, -0.2) is 27.9 Å². The molecule has 0 bridgehead atoms. The lowest BCUT2D eigenvalue weighted by Gasteiger charge is -2.14. The summed E-state index contributed by atoms with van der Waals surface area (Å²) in [5.41, 5.74) is -11.4. The number of hydrogen-bond acceptors (Lipinski definition) is 4. The molecule has 36 heavy (non-hydrogen) atoms. The minimum Gasteiger partial charge on any atom is -0.214 e. The molecule has 14 heteroatoms. The Hall–Kier alpha value is -2.22. The van der Waals surface area contributed by atoms with Gasteiger partial charge in [-0.1, -0.05) is 26.7 Å². The van der Waals surface area contributed by atoms with Crippen LogP contribution in [0.1, 0.15) is 50.7 Å². The van der Waals surface area contributed by atoms with Crippen LogP contribution in [0.3, 0.4) is 0 Å². The Morgan fingerprint density at radius 1 is 0.778 bits per heavy atom. The van der Waals surface area contributed by atoms with Crippen molar-refractivity contribution in [3.05, 3.63) is 47.9 Å². The van der Waals surface area contributed by atoms with Crippen molar-refractivity contribution in [2.75, 3.05) is 0 Å². The van der Waals surface area contributed by atoms with E-state index in [0.29, 0.717) is 30.2 Å². The molecule has 204 valence electrons. The van der Waals surface area contributed by atoms with Crippen LogP contribution in [-0.2, 0) is 32.8 Å². The summed E-state index contributed by atoms with van der Waals surface area (Å²) >= 11 is 0. The second kappa shape index (κ2) is 12.3. The minimum atomic E-state index is -6.07. The molecule has 2 aromatic rings. The van der Waals surface area contributed by atoms with Crippen molar-refractivity contribution in [3.63, 3.8) is 0 Å². The first kappa shape index (κ1) is 31.8. The lowest BCUT2D eigenvalue weighted by Crippen LogP contribution is -2.44. The fraction of sp³-hybridized carbons (Fsp3) is 0.545. The van der Waals surface area contributed by atoms with Gasteiger partial charge in [0.25, 0.3) is 9.84 Å². The summed E-state index contributed by atoms with van der Waals surface area (Å²) in [6.07, 6.45) is 8.14. The van der Waals surface area contributed by atoms with Gasteiger partial charge in [-0.2, -0.15) is 30.9 Å². The number of sulfone groups is 2. The number of hydrogen-bond donors (Lipinski definition) is 0. The van der Waals surface area contributed by atoms with Gasteiger partial charge in [0.15, 0.2) is 18.6 Å². The molecule has 0 saturated heterocycles. The smallest absolute Gasteiger partial charge is 0.214 e. The summed E-state index contributed by atoms with van der Waals surface area (Å²) in [4.78, 5) is -1.53. The average molecular weight is 565 g/mol. The van der Waals surface area contributed by atoms with Crippen molar-refractivity contribution in [3.8, 4) is 0 Å². The molecule has 2 heterocycles. The van der Waals surface area contributed by atoms with Gasteiger partial charge >= 0.3 is 25.9 Å². The van der Waals surface area contributed by atoms with Crippen LogP contribution in [0.5, 0.6) is 0 Å². The zero-order chi connectivity index (χ0) is 27.9. The highest BCUT2D eigenvalue weighted by Gasteiger charge is 2.55. The molecule has 0 N–H and O–H groups in total. The molecule has 0 unspecified atom stereocenters. The van der Waals surface area contributed by atoms with E-state index in [-0.39, 0.29) is 13.0 Å². The maximum Gasteiger partial charge on any atom is 0.507 e. The number of alkyl halides is 6. The van der Waals surface area contributed by atoms with Crippen molar-refractivity contribution >= 4 is 19.7 Å². The van der Waals surface area contributed by atoms with E-state index in [1.165, 1.54) is 18.4 Å². The summed E-state index contributed by atoms with van der Waals surface area (Å²) in [6, 6.07) is 4.68. The third-order valence-electron chi connectivity index (χ3n) is 5.04. The second-order valence-electron chi connectivity index (χ2n) is 8.03. The quantitative estimate of drug-likeness (QED) is 0.343. The van der Waals surface area contributed by atoms with Gasteiger partial charge in [-0.05, 0) is 19.9 Å². The van der Waals surface area contributed by atoms with Gasteiger partial charge in [0.2, 0.25) is 0 Å². The maximum atomic E-state index is 12.9. The van der Waals surface area contributed by atoms with Crippen LogP contribution in [0.4, 0.5) is 26.3 Å². The number of nitrogens with zero attached hydrogens (tertiary/aromatic N) is 2. The van der Waals surface area contributed by atoms with E-state index in [4.69, 9.17) is 0 Å². The Morgan fingerprint density at radius 2 is 1.31 bits per heavy atom. The number of pyridine rings is 2. The Balaban J connectivity index is 0.000000488. The Bertz CT molecular complexity index is 1240. The lowest BCUT2D eigenvalue weighted by molar-refractivity contribution is -0.735. The number of halogens is 6. The fourth-order valence-corrected chi connectivity index (χ4v) is 5.44. The van der Waals surface area contributed by atoms with Crippen LogP contribution in [0.25, 0.3) is 0 Å². The monoisotopic (exact) mass is 564 g/mol. The van der Waals surface area contributed by atoms with Gasteiger partial charge in [0.1, 0.15) is 13.1 Å². The van der Waals surface area contributed by atoms with Gasteiger partial charge < -0.3 is 0 Å². The highest BCUT2D eigenvalue weighted by molar-refractivity contribution is 7.93. The van der Waals surface area contributed by atoms with E-state index in [1.807, 2.05) is 0 Å². The standard InChI is InChI=1S/C12H14F6NO4S2.C10H16N/c1-3-4-6-19-7-5-9(24(20,21)11(13,14)15)8(2)10(19)25(22,23)12(16,17)18;1-3-4-7-11-8-5-6-10(2)9-11/h5,7H,3-4,6H2,1-2H3;5-6,8-9H,3-4,7H2,1-2H3/q2*+1. The van der Waals surface area contributed by atoms with E-state index < -0.39 is 46.2 Å². The summed E-state index contributed by atoms with van der Waals surface area (Å²) in [6.45, 7) is 7.51. The highest BCUT2D eigenvalue weighted by atomic mass is 32.2. The van der Waals surface area contributed by atoms with Gasteiger partial charge in [-0.25, -0.2) is 21.4 Å². The van der Waals surface area contributed by atoms with Gasteiger partial charge in [-0.15, -0.1) is 0 Å². The molecular weight excluding hydrogens is 534 g/mol. The average Bonchev–Trinajstić information content (AvgIpc) is 2.74. The molecular formula is C22H30F6N2O4S2+2. The molecule has 0 saturated carbocycles. The third-order valence-corrected chi connectivity index (χ3v) is 8.33. The molecule has 0 aliphatic carbocycles. The molecule has 0 fully saturated rings. The summed E-state index contributed by atoms with van der Waals surface area (Å²) < 4.78 is 126. The number of rotatable bonds is 8. The molecule has 0 radical (unpaired) electrons. The molecule has 0 aliphatic rings. The molecule has 2 aromatic heterocycles. The Labute approximate surface area is 207 Å². The molecule has 0 aliphatic heterocycles. The predicted molar refractivity (Wildman–Crippen MR) is 119 cm³/mol. The van der Waals surface area contributed by atoms with Crippen LogP contribution < -0.4 is 9.13 Å². The van der Waals surface area contributed by atoms with Crippen molar-refractivity contribution in [1.82, 2.24) is 0 Å². The van der Waals surface area contributed by atoms with Crippen LogP contribution in [0.15, 0.2) is 46.7 Å². The van der Waals surface area contributed by atoms with Crippen molar-refractivity contribution in [2.45, 2.75) is 87.4 Å². The van der Waals surface area contributed by atoms with Gasteiger partial charge in [0.05, 0.1) is 10.5 Å².